The minimum absolute atomic E-state index is 0.0234. The third-order valence-corrected chi connectivity index (χ3v) is 4.95. The van der Waals surface area contributed by atoms with Gasteiger partial charge in [0.15, 0.2) is 0 Å². The molecule has 1 atom stereocenters. The first kappa shape index (κ1) is 19.7. The fourth-order valence-corrected chi connectivity index (χ4v) is 3.64. The van der Waals surface area contributed by atoms with Gasteiger partial charge in [-0.25, -0.2) is 0 Å². The Morgan fingerprint density at radius 3 is 2.75 bits per heavy atom. The topological polar surface area (TPSA) is 84.7 Å². The second-order valence-corrected chi connectivity index (χ2v) is 7.64. The highest BCUT2D eigenvalue weighted by Gasteiger charge is 2.29. The van der Waals surface area contributed by atoms with E-state index in [1.807, 2.05) is 30.3 Å². The van der Waals surface area contributed by atoms with E-state index in [0.717, 1.165) is 23.4 Å². The lowest BCUT2D eigenvalue weighted by molar-refractivity contribution is -0.120. The smallest absolute Gasteiger partial charge is 0.248 e. The average Bonchev–Trinajstić information content (AvgIpc) is 2.78. The monoisotopic (exact) mass is 381 g/mol. The van der Waals surface area contributed by atoms with Gasteiger partial charge >= 0.3 is 0 Å². The Bertz CT molecular complexity index is 879. The minimum atomic E-state index is -0.514. The molecule has 0 radical (unpaired) electrons. The molecule has 3 rings (SSSR count). The van der Waals surface area contributed by atoms with E-state index >= 15 is 0 Å². The molecule has 2 aromatic carbocycles. The van der Waals surface area contributed by atoms with Crippen LogP contribution in [0, 0.1) is 11.8 Å². The number of anilines is 2. The predicted molar refractivity (Wildman–Crippen MR) is 111 cm³/mol. The Morgan fingerprint density at radius 2 is 2.07 bits per heavy atom. The summed E-state index contributed by atoms with van der Waals surface area (Å²) < 4.78 is 5.33. The standard InChI is InChI=1S/C22H27N3O3/c1-14(2)9-17-13-25(12-15-5-4-6-18(10-15)28-3)20-8-7-16(21(23)26)11-19(20)24-22(17)27/h4-8,10-11,14,17H,9,12-13H2,1-3H3,(H2,23,26)(H,24,27). The van der Waals surface area contributed by atoms with Gasteiger partial charge in [0.1, 0.15) is 5.75 Å². The number of amides is 2. The first-order valence-electron chi connectivity index (χ1n) is 9.50. The molecule has 0 saturated heterocycles. The number of carbonyl (C=O) groups excluding carboxylic acids is 2. The van der Waals surface area contributed by atoms with E-state index in [9.17, 15) is 9.59 Å². The highest BCUT2D eigenvalue weighted by atomic mass is 16.5. The number of rotatable bonds is 6. The van der Waals surface area contributed by atoms with E-state index < -0.39 is 5.91 Å². The quantitative estimate of drug-likeness (QED) is 0.803. The highest BCUT2D eigenvalue weighted by Crippen LogP contribution is 2.34. The molecule has 0 saturated carbocycles. The molecule has 1 heterocycles. The number of primary amides is 1. The van der Waals surface area contributed by atoms with Gasteiger partial charge in [0.2, 0.25) is 11.8 Å². The molecule has 0 aliphatic carbocycles. The molecule has 1 aliphatic heterocycles. The zero-order valence-corrected chi connectivity index (χ0v) is 16.6. The minimum Gasteiger partial charge on any atom is -0.497 e. The lowest BCUT2D eigenvalue weighted by Gasteiger charge is -2.27. The number of hydrogen-bond donors (Lipinski definition) is 2. The fourth-order valence-electron chi connectivity index (χ4n) is 3.64. The van der Waals surface area contributed by atoms with Crippen LogP contribution in [0.15, 0.2) is 42.5 Å². The van der Waals surface area contributed by atoms with Gasteiger partial charge in [0.05, 0.1) is 24.4 Å². The maximum atomic E-state index is 12.8. The van der Waals surface area contributed by atoms with Gasteiger partial charge < -0.3 is 20.7 Å². The van der Waals surface area contributed by atoms with Gasteiger partial charge in [-0.05, 0) is 48.2 Å². The number of methoxy groups -OCH3 is 1. The van der Waals surface area contributed by atoms with Crippen molar-refractivity contribution in [1.82, 2.24) is 0 Å². The van der Waals surface area contributed by atoms with Crippen LogP contribution in [-0.2, 0) is 11.3 Å². The molecule has 1 unspecified atom stereocenters. The number of hydrogen-bond acceptors (Lipinski definition) is 4. The van der Waals surface area contributed by atoms with Crippen molar-refractivity contribution >= 4 is 23.2 Å². The summed E-state index contributed by atoms with van der Waals surface area (Å²) in [5.74, 6) is 0.514. The molecule has 6 heteroatoms. The molecule has 0 bridgehead atoms. The number of ether oxygens (including phenoxy) is 1. The Hall–Kier alpha value is -3.02. The Balaban J connectivity index is 1.99. The Kier molecular flexibility index (Phi) is 5.87. The van der Waals surface area contributed by atoms with Gasteiger partial charge in [-0.1, -0.05) is 26.0 Å². The van der Waals surface area contributed by atoms with Crippen molar-refractivity contribution in [3.63, 3.8) is 0 Å². The van der Waals surface area contributed by atoms with Crippen LogP contribution < -0.4 is 20.7 Å². The zero-order valence-electron chi connectivity index (χ0n) is 16.6. The van der Waals surface area contributed by atoms with Crippen LogP contribution in [0.2, 0.25) is 0 Å². The lowest BCUT2D eigenvalue weighted by atomic mass is 9.96. The van der Waals surface area contributed by atoms with E-state index in [1.165, 1.54) is 0 Å². The van der Waals surface area contributed by atoms with Crippen molar-refractivity contribution in [2.75, 3.05) is 23.9 Å². The molecular weight excluding hydrogens is 354 g/mol. The third-order valence-electron chi connectivity index (χ3n) is 4.95. The molecule has 2 aromatic rings. The normalized spacial score (nSPS) is 16.4. The number of nitrogens with two attached hydrogens (primary N) is 1. The molecule has 0 aromatic heterocycles. The van der Waals surface area contributed by atoms with Gasteiger partial charge in [-0.15, -0.1) is 0 Å². The molecular formula is C22H27N3O3. The summed E-state index contributed by atoms with van der Waals surface area (Å²) in [6, 6.07) is 13.1. The van der Waals surface area contributed by atoms with E-state index in [1.54, 1.807) is 19.2 Å². The Morgan fingerprint density at radius 1 is 1.29 bits per heavy atom. The van der Waals surface area contributed by atoms with Gasteiger partial charge in [-0.3, -0.25) is 9.59 Å². The van der Waals surface area contributed by atoms with E-state index in [0.29, 0.717) is 30.3 Å². The zero-order chi connectivity index (χ0) is 20.3. The summed E-state index contributed by atoms with van der Waals surface area (Å²) >= 11 is 0. The Labute approximate surface area is 165 Å². The van der Waals surface area contributed by atoms with Crippen molar-refractivity contribution in [2.45, 2.75) is 26.8 Å². The van der Waals surface area contributed by atoms with Crippen LogP contribution in [0.4, 0.5) is 11.4 Å². The van der Waals surface area contributed by atoms with Gasteiger partial charge in [0.25, 0.3) is 0 Å². The van der Waals surface area contributed by atoms with Gasteiger partial charge in [0, 0.05) is 18.7 Å². The summed E-state index contributed by atoms with van der Waals surface area (Å²) in [6.45, 7) is 5.46. The van der Waals surface area contributed by atoms with Crippen molar-refractivity contribution in [2.24, 2.45) is 17.6 Å². The van der Waals surface area contributed by atoms with Crippen LogP contribution in [0.5, 0.6) is 5.75 Å². The van der Waals surface area contributed by atoms with E-state index in [4.69, 9.17) is 10.5 Å². The summed E-state index contributed by atoms with van der Waals surface area (Å²) in [4.78, 5) is 26.6. The van der Waals surface area contributed by atoms with E-state index in [-0.39, 0.29) is 11.8 Å². The summed E-state index contributed by atoms with van der Waals surface area (Å²) in [5.41, 5.74) is 8.39. The largest absolute Gasteiger partial charge is 0.497 e. The number of nitrogens with zero attached hydrogens (tertiary/aromatic N) is 1. The molecule has 3 N–H and O–H groups in total. The van der Waals surface area contributed by atoms with Crippen molar-refractivity contribution < 1.29 is 14.3 Å². The molecule has 1 aliphatic rings. The van der Waals surface area contributed by atoms with Crippen LogP contribution in [0.1, 0.15) is 36.2 Å². The third kappa shape index (κ3) is 4.44. The number of nitrogens with one attached hydrogen (secondary N) is 1. The molecule has 2 amide bonds. The average molecular weight is 381 g/mol. The number of carbonyl (C=O) groups is 2. The van der Waals surface area contributed by atoms with Crippen LogP contribution >= 0.6 is 0 Å². The number of fused-ring (bicyclic) bond motifs is 1. The van der Waals surface area contributed by atoms with Crippen molar-refractivity contribution in [3.8, 4) is 5.75 Å². The summed E-state index contributed by atoms with van der Waals surface area (Å²) in [6.07, 6.45) is 0.789. The first-order chi connectivity index (χ1) is 13.4. The first-order valence-corrected chi connectivity index (χ1v) is 9.50. The number of benzene rings is 2. The SMILES string of the molecule is COc1cccc(CN2CC(CC(C)C)C(=O)Nc3cc(C(N)=O)ccc32)c1. The molecule has 6 nitrogen and oxygen atoms in total. The summed E-state index contributed by atoms with van der Waals surface area (Å²) in [7, 11) is 1.65. The van der Waals surface area contributed by atoms with Crippen molar-refractivity contribution in [3.05, 3.63) is 53.6 Å². The molecule has 28 heavy (non-hydrogen) atoms. The van der Waals surface area contributed by atoms with Crippen LogP contribution in [-0.4, -0.2) is 25.5 Å². The molecule has 148 valence electrons. The molecule has 0 spiro atoms. The maximum Gasteiger partial charge on any atom is 0.248 e. The molecule has 0 fully saturated rings. The summed E-state index contributed by atoms with van der Waals surface area (Å²) in [5, 5.41) is 3.00. The fraction of sp³-hybridized carbons (Fsp3) is 0.364. The van der Waals surface area contributed by atoms with Crippen molar-refractivity contribution in [1.29, 1.82) is 0 Å². The highest BCUT2D eigenvalue weighted by molar-refractivity contribution is 6.01. The second-order valence-electron chi connectivity index (χ2n) is 7.64. The predicted octanol–water partition coefficient (Wildman–Crippen LogP) is 3.42. The second kappa shape index (κ2) is 8.33. The van der Waals surface area contributed by atoms with Gasteiger partial charge in [-0.2, -0.15) is 0 Å². The lowest BCUT2D eigenvalue weighted by Crippen LogP contribution is -2.33. The maximum absolute atomic E-state index is 12.8. The van der Waals surface area contributed by atoms with E-state index in [2.05, 4.69) is 24.1 Å². The van der Waals surface area contributed by atoms with Crippen LogP contribution in [0.25, 0.3) is 0 Å². The van der Waals surface area contributed by atoms with Crippen LogP contribution in [0.3, 0.4) is 0 Å².